The highest BCUT2D eigenvalue weighted by molar-refractivity contribution is 5.33. The second kappa shape index (κ2) is 9.94. The van der Waals surface area contributed by atoms with Crippen LogP contribution in [-0.2, 0) is 13.0 Å². The van der Waals surface area contributed by atoms with E-state index in [1.165, 1.54) is 16.7 Å². The summed E-state index contributed by atoms with van der Waals surface area (Å²) in [4.78, 5) is 0. The minimum absolute atomic E-state index is 0.387. The average molecular weight is 360 g/mol. The Bertz CT molecular complexity index is 801. The van der Waals surface area contributed by atoms with Gasteiger partial charge in [0, 0.05) is 18.2 Å². The maximum absolute atomic E-state index is 5.51. The van der Waals surface area contributed by atoms with Crippen molar-refractivity contribution in [3.63, 3.8) is 0 Å². The Kier molecular flexibility index (Phi) is 7.06. The molecule has 0 saturated carbocycles. The van der Waals surface area contributed by atoms with Crippen LogP contribution in [0, 0.1) is 0 Å². The number of para-hydroxylation sites is 1. The van der Waals surface area contributed by atoms with E-state index >= 15 is 0 Å². The summed E-state index contributed by atoms with van der Waals surface area (Å²) >= 11 is 0. The fraction of sp³-hybridized carbons (Fsp3) is 0.280. The van der Waals surface area contributed by atoms with E-state index in [1.54, 1.807) is 7.11 Å². The van der Waals surface area contributed by atoms with Crippen LogP contribution in [0.1, 0.15) is 36.0 Å². The van der Waals surface area contributed by atoms with Gasteiger partial charge in [0.2, 0.25) is 0 Å². The van der Waals surface area contributed by atoms with Gasteiger partial charge in [0.15, 0.2) is 0 Å². The number of rotatable bonds is 9. The molecule has 140 valence electrons. The molecule has 2 atom stereocenters. The maximum Gasteiger partial charge on any atom is 0.123 e. The van der Waals surface area contributed by atoms with Crippen molar-refractivity contribution in [2.24, 2.45) is 0 Å². The van der Waals surface area contributed by atoms with Crippen molar-refractivity contribution in [2.75, 3.05) is 7.11 Å². The van der Waals surface area contributed by atoms with Gasteiger partial charge in [-0.1, -0.05) is 85.8 Å². The summed E-state index contributed by atoms with van der Waals surface area (Å²) in [6.07, 6.45) is 2.16. The Morgan fingerprint density at radius 1 is 0.815 bits per heavy atom. The Morgan fingerprint density at radius 3 is 2.15 bits per heavy atom. The Labute approximate surface area is 163 Å². The molecule has 0 fully saturated rings. The molecule has 0 aliphatic carbocycles. The Morgan fingerprint density at radius 2 is 1.44 bits per heavy atom. The van der Waals surface area contributed by atoms with Gasteiger partial charge in [-0.05, 0) is 36.0 Å². The second-order valence-electron chi connectivity index (χ2n) is 7.02. The molecule has 0 amide bonds. The summed E-state index contributed by atoms with van der Waals surface area (Å²) in [6.45, 7) is 3.13. The van der Waals surface area contributed by atoms with Crippen LogP contribution in [0.3, 0.4) is 0 Å². The molecular weight excluding hydrogens is 330 g/mol. The van der Waals surface area contributed by atoms with Gasteiger partial charge < -0.3 is 10.1 Å². The zero-order valence-corrected chi connectivity index (χ0v) is 16.3. The summed E-state index contributed by atoms with van der Waals surface area (Å²) < 4.78 is 5.51. The first-order chi connectivity index (χ1) is 13.3. The van der Waals surface area contributed by atoms with E-state index in [0.29, 0.717) is 12.0 Å². The summed E-state index contributed by atoms with van der Waals surface area (Å²) in [5.41, 5.74) is 3.97. The van der Waals surface area contributed by atoms with Crippen LogP contribution in [-0.4, -0.2) is 13.2 Å². The predicted molar refractivity (Wildman–Crippen MR) is 113 cm³/mol. The second-order valence-corrected chi connectivity index (χ2v) is 7.02. The smallest absolute Gasteiger partial charge is 0.123 e. The zero-order chi connectivity index (χ0) is 18.9. The van der Waals surface area contributed by atoms with Crippen LogP contribution in [0.4, 0.5) is 0 Å². The van der Waals surface area contributed by atoms with E-state index < -0.39 is 0 Å². The Balaban J connectivity index is 1.72. The highest BCUT2D eigenvalue weighted by Gasteiger charge is 2.19. The summed E-state index contributed by atoms with van der Waals surface area (Å²) in [5, 5.41) is 3.80. The van der Waals surface area contributed by atoms with Crippen molar-refractivity contribution in [1.82, 2.24) is 5.32 Å². The molecule has 0 radical (unpaired) electrons. The summed E-state index contributed by atoms with van der Waals surface area (Å²) in [7, 11) is 1.73. The summed E-state index contributed by atoms with van der Waals surface area (Å²) in [5.74, 6) is 1.38. The minimum atomic E-state index is 0.387. The number of hydrogen-bond acceptors (Lipinski definition) is 2. The van der Waals surface area contributed by atoms with E-state index in [4.69, 9.17) is 4.74 Å². The molecule has 2 heteroatoms. The van der Waals surface area contributed by atoms with Gasteiger partial charge in [0.1, 0.15) is 5.75 Å². The van der Waals surface area contributed by atoms with Crippen molar-refractivity contribution >= 4 is 0 Å². The molecular formula is C25H29NO. The first-order valence-electron chi connectivity index (χ1n) is 9.72. The molecule has 0 aromatic heterocycles. The van der Waals surface area contributed by atoms with Crippen LogP contribution in [0.5, 0.6) is 5.75 Å². The van der Waals surface area contributed by atoms with Crippen LogP contribution in [0.2, 0.25) is 0 Å². The third-order valence-electron chi connectivity index (χ3n) is 5.26. The quantitative estimate of drug-likeness (QED) is 0.538. The fourth-order valence-corrected chi connectivity index (χ4v) is 3.57. The van der Waals surface area contributed by atoms with E-state index in [-0.39, 0.29) is 0 Å². The van der Waals surface area contributed by atoms with Crippen LogP contribution in [0.25, 0.3) is 0 Å². The molecule has 0 aliphatic heterocycles. The van der Waals surface area contributed by atoms with Crippen LogP contribution in [0.15, 0.2) is 84.9 Å². The van der Waals surface area contributed by atoms with Gasteiger partial charge >= 0.3 is 0 Å². The zero-order valence-electron chi connectivity index (χ0n) is 16.3. The lowest BCUT2D eigenvalue weighted by Gasteiger charge is -2.26. The molecule has 3 aromatic carbocycles. The predicted octanol–water partition coefficient (Wildman–Crippen LogP) is 5.59. The largest absolute Gasteiger partial charge is 0.496 e. The van der Waals surface area contributed by atoms with Gasteiger partial charge in [-0.2, -0.15) is 0 Å². The molecule has 3 rings (SSSR count). The first kappa shape index (κ1) is 19.2. The molecule has 0 aliphatic rings. The van der Waals surface area contributed by atoms with E-state index in [9.17, 15) is 0 Å². The normalized spacial score (nSPS) is 13.1. The van der Waals surface area contributed by atoms with Gasteiger partial charge in [-0.3, -0.25) is 0 Å². The molecule has 1 N–H and O–H groups in total. The highest BCUT2D eigenvalue weighted by Crippen LogP contribution is 2.24. The SMILES string of the molecule is COc1ccccc1CNC(CCc1ccccc1)C(C)c1ccccc1. The molecule has 0 saturated heterocycles. The fourth-order valence-electron chi connectivity index (χ4n) is 3.57. The van der Waals surface area contributed by atoms with Gasteiger partial charge in [0.25, 0.3) is 0 Å². The lowest BCUT2D eigenvalue weighted by Crippen LogP contribution is -2.34. The number of ether oxygens (including phenoxy) is 1. The average Bonchev–Trinajstić information content (AvgIpc) is 2.75. The van der Waals surface area contributed by atoms with Gasteiger partial charge in [-0.25, -0.2) is 0 Å². The highest BCUT2D eigenvalue weighted by atomic mass is 16.5. The molecule has 2 unspecified atom stereocenters. The lowest BCUT2D eigenvalue weighted by molar-refractivity contribution is 0.393. The standard InChI is InChI=1S/C25H29NO/c1-20(22-13-7-4-8-14-22)24(18-17-21-11-5-3-6-12-21)26-19-23-15-9-10-16-25(23)27-2/h3-16,20,24,26H,17-19H2,1-2H3. The molecule has 2 nitrogen and oxygen atoms in total. The maximum atomic E-state index is 5.51. The number of aryl methyl sites for hydroxylation is 1. The third-order valence-corrected chi connectivity index (χ3v) is 5.26. The molecule has 3 aromatic rings. The molecule has 0 heterocycles. The van der Waals surface area contributed by atoms with Gasteiger partial charge in [-0.15, -0.1) is 0 Å². The van der Waals surface area contributed by atoms with Crippen molar-refractivity contribution in [3.05, 3.63) is 102 Å². The van der Waals surface area contributed by atoms with Crippen molar-refractivity contribution in [1.29, 1.82) is 0 Å². The van der Waals surface area contributed by atoms with E-state index in [2.05, 4.69) is 85.0 Å². The van der Waals surface area contributed by atoms with E-state index in [0.717, 1.165) is 25.1 Å². The Hall–Kier alpha value is -2.58. The van der Waals surface area contributed by atoms with E-state index in [1.807, 2.05) is 12.1 Å². The van der Waals surface area contributed by atoms with Gasteiger partial charge in [0.05, 0.1) is 7.11 Å². The third kappa shape index (κ3) is 5.45. The number of nitrogens with one attached hydrogen (secondary N) is 1. The van der Waals surface area contributed by atoms with Crippen molar-refractivity contribution in [2.45, 2.75) is 38.3 Å². The monoisotopic (exact) mass is 359 g/mol. The molecule has 27 heavy (non-hydrogen) atoms. The number of benzene rings is 3. The summed E-state index contributed by atoms with van der Waals surface area (Å²) in [6, 6.07) is 30.2. The molecule has 0 spiro atoms. The number of hydrogen-bond donors (Lipinski definition) is 1. The lowest BCUT2D eigenvalue weighted by atomic mass is 9.89. The van der Waals surface area contributed by atoms with Crippen molar-refractivity contribution in [3.8, 4) is 5.75 Å². The minimum Gasteiger partial charge on any atom is -0.496 e. The van der Waals surface area contributed by atoms with Crippen LogP contribution < -0.4 is 10.1 Å². The first-order valence-corrected chi connectivity index (χ1v) is 9.72. The molecule has 0 bridgehead atoms. The van der Waals surface area contributed by atoms with Crippen LogP contribution >= 0.6 is 0 Å². The topological polar surface area (TPSA) is 21.3 Å². The van der Waals surface area contributed by atoms with Crippen molar-refractivity contribution < 1.29 is 4.74 Å². The number of methoxy groups -OCH3 is 1.